The smallest absolute Gasteiger partial charge is 0.241 e. The van der Waals surface area contributed by atoms with E-state index in [1.807, 2.05) is 0 Å². The maximum absolute atomic E-state index is 12.4. The Bertz CT molecular complexity index is 849. The van der Waals surface area contributed by atoms with Gasteiger partial charge in [0.2, 0.25) is 15.9 Å². The third kappa shape index (κ3) is 4.23. The Labute approximate surface area is 140 Å². The lowest BCUT2D eigenvalue weighted by Crippen LogP contribution is -2.42. The number of aliphatic hydroxyl groups excluding tert-OH is 1. The lowest BCUT2D eigenvalue weighted by atomic mass is 10.2. The van der Waals surface area contributed by atoms with E-state index in [1.54, 1.807) is 0 Å². The summed E-state index contributed by atoms with van der Waals surface area (Å²) in [5, 5.41) is 12.2. The molecule has 1 fully saturated rings. The molecule has 24 heavy (non-hydrogen) atoms. The van der Waals surface area contributed by atoms with Gasteiger partial charge < -0.3 is 15.2 Å². The maximum atomic E-state index is 12.4. The van der Waals surface area contributed by atoms with Crippen LogP contribution in [0, 0.1) is 0 Å². The number of hydrogen-bond acceptors (Lipinski definition) is 7. The number of nitrogens with one attached hydrogen (secondary N) is 2. The molecule has 11 heteroatoms. The molecule has 3 N–H and O–H groups in total. The molecule has 0 radical (unpaired) electrons. The Hall–Kier alpha value is -1.69. The molecule has 0 aromatic heterocycles. The number of aliphatic hydroxyl groups is 1. The number of sulfone groups is 1. The van der Waals surface area contributed by atoms with Crippen LogP contribution in [0.3, 0.4) is 0 Å². The molecule has 1 aromatic rings. The Morgan fingerprint density at radius 2 is 2.00 bits per heavy atom. The zero-order chi connectivity index (χ0) is 18.1. The minimum atomic E-state index is -4.09. The summed E-state index contributed by atoms with van der Waals surface area (Å²) < 4.78 is 55.0. The van der Waals surface area contributed by atoms with Crippen LogP contribution in [0.1, 0.15) is 6.92 Å². The maximum Gasteiger partial charge on any atom is 0.241 e. The molecule has 2 atom stereocenters. The van der Waals surface area contributed by atoms with Crippen LogP contribution in [0.5, 0.6) is 5.75 Å². The second-order valence-electron chi connectivity index (χ2n) is 5.42. The van der Waals surface area contributed by atoms with Crippen molar-refractivity contribution in [1.29, 1.82) is 0 Å². The van der Waals surface area contributed by atoms with E-state index in [2.05, 4.69) is 10.0 Å². The summed E-state index contributed by atoms with van der Waals surface area (Å²) in [6.07, 6.45) is -1.31. The van der Waals surface area contributed by atoms with Gasteiger partial charge in [-0.2, -0.15) is 0 Å². The summed E-state index contributed by atoms with van der Waals surface area (Å²) in [7, 11) is -6.21. The highest BCUT2D eigenvalue weighted by atomic mass is 32.2. The van der Waals surface area contributed by atoms with Gasteiger partial charge in [-0.25, -0.2) is 21.6 Å². The predicted octanol–water partition coefficient (Wildman–Crippen LogP) is -0.910. The number of amides is 1. The lowest BCUT2D eigenvalue weighted by Gasteiger charge is -2.16. The first-order chi connectivity index (χ1) is 11.0. The van der Waals surface area contributed by atoms with E-state index in [1.165, 1.54) is 32.2 Å². The van der Waals surface area contributed by atoms with Gasteiger partial charge in [0.05, 0.1) is 41.3 Å². The van der Waals surface area contributed by atoms with Crippen molar-refractivity contribution in [2.24, 2.45) is 0 Å². The van der Waals surface area contributed by atoms with E-state index in [0.717, 1.165) is 0 Å². The Balaban J connectivity index is 2.31. The number of carbonyl (C=O) groups is 1. The highest BCUT2D eigenvalue weighted by molar-refractivity contribution is 7.92. The Kier molecular flexibility index (Phi) is 5.18. The average Bonchev–Trinajstić information content (AvgIpc) is 2.69. The van der Waals surface area contributed by atoms with Crippen molar-refractivity contribution in [2.45, 2.75) is 24.0 Å². The standard InChI is InChI=1S/C13H18N2O7S2/c1-8(16)14-10-5-9(3-4-13(10)22-2)24(20,21)15-11-6-23(18,19)7-12(11)17/h3-5,11-12,15,17H,6-7H2,1-2H3,(H,14,16)/t11-,12-/m1/s1. The summed E-state index contributed by atoms with van der Waals surface area (Å²) >= 11 is 0. The van der Waals surface area contributed by atoms with Gasteiger partial charge in [0.15, 0.2) is 9.84 Å². The van der Waals surface area contributed by atoms with E-state index in [9.17, 15) is 26.7 Å². The van der Waals surface area contributed by atoms with Crippen molar-refractivity contribution in [1.82, 2.24) is 4.72 Å². The van der Waals surface area contributed by atoms with Crippen molar-refractivity contribution in [2.75, 3.05) is 23.9 Å². The summed E-state index contributed by atoms with van der Waals surface area (Å²) in [6.45, 7) is 1.26. The first-order valence-electron chi connectivity index (χ1n) is 6.90. The molecule has 1 saturated heterocycles. The van der Waals surface area contributed by atoms with Gasteiger partial charge in [0, 0.05) is 6.92 Å². The summed E-state index contributed by atoms with van der Waals surface area (Å²) in [4.78, 5) is 11.0. The fraction of sp³-hybridized carbons (Fsp3) is 0.462. The SMILES string of the molecule is COc1ccc(S(=O)(=O)N[C@@H]2CS(=O)(=O)C[C@H]2O)cc1NC(C)=O. The Morgan fingerprint density at radius 3 is 2.50 bits per heavy atom. The molecule has 134 valence electrons. The first-order valence-corrected chi connectivity index (χ1v) is 10.2. The van der Waals surface area contributed by atoms with Crippen molar-refractivity contribution in [3.8, 4) is 5.75 Å². The van der Waals surface area contributed by atoms with Crippen molar-refractivity contribution in [3.05, 3.63) is 18.2 Å². The van der Waals surface area contributed by atoms with Crippen LogP contribution in [0.4, 0.5) is 5.69 Å². The molecule has 0 aliphatic carbocycles. The van der Waals surface area contributed by atoms with Crippen LogP contribution >= 0.6 is 0 Å². The molecular formula is C13H18N2O7S2. The second kappa shape index (κ2) is 6.67. The minimum Gasteiger partial charge on any atom is -0.495 e. The zero-order valence-corrected chi connectivity index (χ0v) is 14.6. The zero-order valence-electron chi connectivity index (χ0n) is 13.0. The first kappa shape index (κ1) is 18.6. The molecule has 1 aliphatic heterocycles. The molecular weight excluding hydrogens is 360 g/mol. The fourth-order valence-electron chi connectivity index (χ4n) is 2.35. The number of rotatable bonds is 5. The predicted molar refractivity (Wildman–Crippen MR) is 86.1 cm³/mol. The number of anilines is 1. The van der Waals surface area contributed by atoms with Crippen molar-refractivity contribution >= 4 is 31.5 Å². The number of methoxy groups -OCH3 is 1. The van der Waals surface area contributed by atoms with Gasteiger partial charge in [-0.3, -0.25) is 4.79 Å². The van der Waals surface area contributed by atoms with Gasteiger partial charge in [-0.1, -0.05) is 0 Å². The van der Waals surface area contributed by atoms with Crippen LogP contribution in [0.2, 0.25) is 0 Å². The van der Waals surface area contributed by atoms with E-state index in [4.69, 9.17) is 4.74 Å². The van der Waals surface area contributed by atoms with Gasteiger partial charge >= 0.3 is 0 Å². The van der Waals surface area contributed by atoms with Gasteiger partial charge in [-0.15, -0.1) is 0 Å². The molecule has 0 spiro atoms. The van der Waals surface area contributed by atoms with Crippen LogP contribution in [-0.4, -0.2) is 58.6 Å². The highest BCUT2D eigenvalue weighted by Crippen LogP contribution is 2.28. The number of benzene rings is 1. The number of ether oxygens (including phenoxy) is 1. The topological polar surface area (TPSA) is 139 Å². The molecule has 2 rings (SSSR count). The van der Waals surface area contributed by atoms with E-state index in [-0.39, 0.29) is 16.3 Å². The third-order valence-corrected chi connectivity index (χ3v) is 6.63. The monoisotopic (exact) mass is 378 g/mol. The fourth-order valence-corrected chi connectivity index (χ4v) is 5.49. The molecule has 1 aliphatic rings. The summed E-state index contributed by atoms with van der Waals surface area (Å²) in [5.74, 6) is -1.09. The molecule has 1 heterocycles. The van der Waals surface area contributed by atoms with E-state index >= 15 is 0 Å². The summed E-state index contributed by atoms with van der Waals surface area (Å²) in [6, 6.07) is 2.69. The van der Waals surface area contributed by atoms with Gasteiger partial charge in [0.1, 0.15) is 5.75 Å². The quantitative estimate of drug-likeness (QED) is 0.603. The van der Waals surface area contributed by atoms with Crippen LogP contribution < -0.4 is 14.8 Å². The van der Waals surface area contributed by atoms with Crippen LogP contribution in [0.25, 0.3) is 0 Å². The van der Waals surface area contributed by atoms with Crippen LogP contribution in [-0.2, 0) is 24.7 Å². The molecule has 0 bridgehead atoms. The molecule has 1 amide bonds. The average molecular weight is 378 g/mol. The highest BCUT2D eigenvalue weighted by Gasteiger charge is 2.39. The van der Waals surface area contributed by atoms with Crippen LogP contribution in [0.15, 0.2) is 23.1 Å². The number of carbonyl (C=O) groups excluding carboxylic acids is 1. The van der Waals surface area contributed by atoms with Gasteiger partial charge in [0.25, 0.3) is 0 Å². The van der Waals surface area contributed by atoms with Crippen molar-refractivity contribution < 1.29 is 31.5 Å². The number of hydrogen-bond donors (Lipinski definition) is 3. The minimum absolute atomic E-state index is 0.160. The second-order valence-corrected chi connectivity index (χ2v) is 9.28. The lowest BCUT2D eigenvalue weighted by molar-refractivity contribution is -0.114. The van der Waals surface area contributed by atoms with Gasteiger partial charge in [-0.05, 0) is 18.2 Å². The van der Waals surface area contributed by atoms with E-state index < -0.39 is 49.4 Å². The molecule has 1 aromatic carbocycles. The Morgan fingerprint density at radius 1 is 1.33 bits per heavy atom. The van der Waals surface area contributed by atoms with Crippen molar-refractivity contribution in [3.63, 3.8) is 0 Å². The molecule has 9 nitrogen and oxygen atoms in total. The molecule has 0 unspecified atom stereocenters. The normalized spacial score (nSPS) is 23.0. The summed E-state index contributed by atoms with van der Waals surface area (Å²) in [5.41, 5.74) is 0.160. The number of sulfonamides is 1. The molecule has 0 saturated carbocycles. The van der Waals surface area contributed by atoms with E-state index in [0.29, 0.717) is 0 Å². The largest absolute Gasteiger partial charge is 0.495 e. The third-order valence-electron chi connectivity index (χ3n) is 3.42.